The van der Waals surface area contributed by atoms with Gasteiger partial charge in [-0.25, -0.2) is 17.9 Å². The molecule has 1 heterocycles. The summed E-state index contributed by atoms with van der Waals surface area (Å²) in [6.07, 6.45) is 0. The monoisotopic (exact) mass is 283 g/mol. The molecule has 100 valence electrons. The van der Waals surface area contributed by atoms with Gasteiger partial charge in [-0.15, -0.1) is 5.10 Å². The average molecular weight is 283 g/mol. The number of rotatable bonds is 4. The Balaban J connectivity index is 2.34. The lowest BCUT2D eigenvalue weighted by molar-refractivity contribution is 0.0696. The molecule has 19 heavy (non-hydrogen) atoms. The van der Waals surface area contributed by atoms with E-state index >= 15 is 0 Å². The highest BCUT2D eigenvalue weighted by Crippen LogP contribution is 2.16. The van der Waals surface area contributed by atoms with Gasteiger partial charge in [-0.1, -0.05) is 11.2 Å². The number of nitrogens with zero attached hydrogens (tertiary/aromatic N) is 2. The molecule has 1 aromatic heterocycles. The number of sulfonamides is 1. The average Bonchev–Trinajstić information content (AvgIpc) is 2.74. The first-order chi connectivity index (χ1) is 8.88. The first-order valence-electron chi connectivity index (χ1n) is 5.05. The van der Waals surface area contributed by atoms with Crippen molar-refractivity contribution < 1.29 is 22.7 Å². The summed E-state index contributed by atoms with van der Waals surface area (Å²) >= 11 is 0. The van der Waals surface area contributed by atoms with Gasteiger partial charge >= 0.3 is 12.0 Å². The normalized spacial score (nSPS) is 11.2. The van der Waals surface area contributed by atoms with E-state index in [1.54, 1.807) is 0 Å². The predicted molar refractivity (Wildman–Crippen MR) is 63.2 cm³/mol. The lowest BCUT2D eigenvalue weighted by Crippen LogP contribution is -2.14. The Kier molecular flexibility index (Phi) is 3.21. The van der Waals surface area contributed by atoms with E-state index in [2.05, 4.69) is 14.9 Å². The van der Waals surface area contributed by atoms with E-state index in [1.165, 1.54) is 25.1 Å². The SMILES string of the molecule is Cc1nnc(NS(=O)(=O)c2cccc(C(=O)O)c2)o1. The quantitative estimate of drug-likeness (QED) is 0.853. The van der Waals surface area contributed by atoms with Crippen LogP contribution in [0.15, 0.2) is 33.6 Å². The molecule has 0 atom stereocenters. The molecule has 0 amide bonds. The van der Waals surface area contributed by atoms with Crippen LogP contribution in [0.25, 0.3) is 0 Å². The van der Waals surface area contributed by atoms with Crippen molar-refractivity contribution in [3.8, 4) is 0 Å². The summed E-state index contributed by atoms with van der Waals surface area (Å²) in [5.74, 6) is -1.01. The van der Waals surface area contributed by atoms with Gasteiger partial charge in [0.25, 0.3) is 10.0 Å². The second-order valence-electron chi connectivity index (χ2n) is 3.56. The van der Waals surface area contributed by atoms with Crippen LogP contribution < -0.4 is 4.72 Å². The van der Waals surface area contributed by atoms with Crippen molar-refractivity contribution >= 4 is 22.0 Å². The fraction of sp³-hybridized carbons (Fsp3) is 0.100. The molecule has 0 bridgehead atoms. The summed E-state index contributed by atoms with van der Waals surface area (Å²) in [6.45, 7) is 1.51. The number of hydrogen-bond donors (Lipinski definition) is 2. The van der Waals surface area contributed by atoms with Crippen molar-refractivity contribution in [3.05, 3.63) is 35.7 Å². The maximum absolute atomic E-state index is 12.0. The van der Waals surface area contributed by atoms with E-state index in [0.717, 1.165) is 6.07 Å². The molecule has 0 saturated carbocycles. The largest absolute Gasteiger partial charge is 0.478 e. The highest BCUT2D eigenvalue weighted by Gasteiger charge is 2.18. The molecular formula is C10H9N3O5S. The van der Waals surface area contributed by atoms with Crippen molar-refractivity contribution in [3.63, 3.8) is 0 Å². The van der Waals surface area contributed by atoms with Crippen LogP contribution in [0.2, 0.25) is 0 Å². The molecule has 0 spiro atoms. The first-order valence-corrected chi connectivity index (χ1v) is 6.53. The molecule has 2 N–H and O–H groups in total. The lowest BCUT2D eigenvalue weighted by atomic mass is 10.2. The van der Waals surface area contributed by atoms with Gasteiger partial charge in [0.1, 0.15) is 0 Å². The highest BCUT2D eigenvalue weighted by molar-refractivity contribution is 7.92. The van der Waals surface area contributed by atoms with E-state index in [0.29, 0.717) is 0 Å². The van der Waals surface area contributed by atoms with Crippen LogP contribution in [-0.2, 0) is 10.0 Å². The van der Waals surface area contributed by atoms with Crippen LogP contribution in [0.5, 0.6) is 0 Å². The number of carboxylic acids is 1. The Hall–Kier alpha value is -2.42. The molecule has 0 aliphatic rings. The maximum atomic E-state index is 12.0. The van der Waals surface area contributed by atoms with E-state index in [9.17, 15) is 13.2 Å². The van der Waals surface area contributed by atoms with Crippen molar-refractivity contribution in [1.82, 2.24) is 10.2 Å². The summed E-state index contributed by atoms with van der Waals surface area (Å²) in [6, 6.07) is 4.64. The first kappa shape index (κ1) is 13.0. The fourth-order valence-electron chi connectivity index (χ4n) is 1.31. The molecule has 2 aromatic rings. The van der Waals surface area contributed by atoms with Gasteiger partial charge in [0.15, 0.2) is 0 Å². The van der Waals surface area contributed by atoms with Crippen LogP contribution in [0.4, 0.5) is 6.01 Å². The van der Waals surface area contributed by atoms with Gasteiger partial charge in [0, 0.05) is 6.92 Å². The molecular weight excluding hydrogens is 274 g/mol. The molecule has 0 saturated heterocycles. The smallest absolute Gasteiger partial charge is 0.335 e. The van der Waals surface area contributed by atoms with E-state index in [1.807, 2.05) is 0 Å². The molecule has 9 heteroatoms. The van der Waals surface area contributed by atoms with Gasteiger partial charge in [-0.05, 0) is 18.2 Å². The fourth-order valence-corrected chi connectivity index (χ4v) is 2.28. The van der Waals surface area contributed by atoms with E-state index in [-0.39, 0.29) is 22.4 Å². The summed E-state index contributed by atoms with van der Waals surface area (Å²) in [7, 11) is -3.97. The third-order valence-electron chi connectivity index (χ3n) is 2.14. The molecule has 0 radical (unpaired) electrons. The van der Waals surface area contributed by atoms with Crippen molar-refractivity contribution in [2.75, 3.05) is 4.72 Å². The predicted octanol–water partition coefficient (Wildman–Crippen LogP) is 0.877. The number of hydrogen-bond acceptors (Lipinski definition) is 6. The molecule has 0 aliphatic heterocycles. The zero-order valence-corrected chi connectivity index (χ0v) is 10.5. The van der Waals surface area contributed by atoms with Crippen molar-refractivity contribution in [2.24, 2.45) is 0 Å². The van der Waals surface area contributed by atoms with Gasteiger partial charge in [0.05, 0.1) is 10.5 Å². The standard InChI is InChI=1S/C10H9N3O5S/c1-6-11-12-10(18-6)13-19(16,17)8-4-2-3-7(5-8)9(14)15/h2-5H,1H3,(H,12,13)(H,14,15). The van der Waals surface area contributed by atoms with Gasteiger partial charge in [-0.2, -0.15) is 0 Å². The van der Waals surface area contributed by atoms with Crippen LogP contribution in [0, 0.1) is 6.92 Å². The number of aromatic nitrogens is 2. The van der Waals surface area contributed by atoms with Crippen LogP contribution in [0.1, 0.15) is 16.2 Å². The third-order valence-corrected chi connectivity index (χ3v) is 3.46. The Labute approximate surface area is 108 Å². The minimum atomic E-state index is -3.97. The number of benzene rings is 1. The zero-order chi connectivity index (χ0) is 14.0. The highest BCUT2D eigenvalue weighted by atomic mass is 32.2. The summed E-state index contributed by atoms with van der Waals surface area (Å²) < 4.78 is 30.9. The van der Waals surface area contributed by atoms with Crippen LogP contribution in [-0.4, -0.2) is 29.7 Å². The van der Waals surface area contributed by atoms with Crippen LogP contribution in [0.3, 0.4) is 0 Å². The number of aryl methyl sites for hydroxylation is 1. The molecule has 0 fully saturated rings. The van der Waals surface area contributed by atoms with Gasteiger partial charge in [-0.3, -0.25) is 0 Å². The topological polar surface area (TPSA) is 122 Å². The van der Waals surface area contributed by atoms with E-state index < -0.39 is 16.0 Å². The summed E-state index contributed by atoms with van der Waals surface area (Å²) in [5, 5.41) is 15.8. The minimum absolute atomic E-state index is 0.135. The number of nitrogens with one attached hydrogen (secondary N) is 1. The minimum Gasteiger partial charge on any atom is -0.478 e. The third kappa shape index (κ3) is 2.88. The van der Waals surface area contributed by atoms with Crippen molar-refractivity contribution in [1.29, 1.82) is 0 Å². The number of carbonyl (C=O) groups is 1. The summed E-state index contributed by atoms with van der Waals surface area (Å²) in [5.41, 5.74) is -0.135. The van der Waals surface area contributed by atoms with Gasteiger partial charge < -0.3 is 9.52 Å². The maximum Gasteiger partial charge on any atom is 0.335 e. The molecule has 8 nitrogen and oxygen atoms in total. The number of carboxylic acid groups (broad SMARTS) is 1. The molecule has 0 aliphatic carbocycles. The van der Waals surface area contributed by atoms with E-state index in [4.69, 9.17) is 9.52 Å². The Bertz CT molecular complexity index is 722. The van der Waals surface area contributed by atoms with Crippen LogP contribution >= 0.6 is 0 Å². The summed E-state index contributed by atoms with van der Waals surface area (Å²) in [4.78, 5) is 10.6. The lowest BCUT2D eigenvalue weighted by Gasteiger charge is -2.04. The second-order valence-corrected chi connectivity index (χ2v) is 5.25. The molecule has 1 aromatic carbocycles. The van der Waals surface area contributed by atoms with Crippen molar-refractivity contribution in [2.45, 2.75) is 11.8 Å². The Morgan fingerprint density at radius 2 is 2.11 bits per heavy atom. The Morgan fingerprint density at radius 1 is 1.37 bits per heavy atom. The second kappa shape index (κ2) is 4.69. The number of anilines is 1. The zero-order valence-electron chi connectivity index (χ0n) is 9.69. The van der Waals surface area contributed by atoms with Gasteiger partial charge in [0.2, 0.25) is 5.89 Å². The molecule has 2 rings (SSSR count). The number of aromatic carboxylic acids is 1. The molecule has 0 unspecified atom stereocenters. The Morgan fingerprint density at radius 3 is 2.68 bits per heavy atom.